The number of alkyl halides is 2. The first-order valence-electron chi connectivity index (χ1n) is 5.59. The van der Waals surface area contributed by atoms with Crippen molar-refractivity contribution in [3.63, 3.8) is 0 Å². The van der Waals surface area contributed by atoms with Crippen LogP contribution in [0.2, 0.25) is 0 Å². The van der Waals surface area contributed by atoms with Gasteiger partial charge < -0.3 is 0 Å². The Bertz CT molecular complexity index is 249. The summed E-state index contributed by atoms with van der Waals surface area (Å²) in [6, 6.07) is 0. The summed E-state index contributed by atoms with van der Waals surface area (Å²) in [5, 5.41) is 0. The van der Waals surface area contributed by atoms with Gasteiger partial charge in [0.1, 0.15) is 0 Å². The zero-order chi connectivity index (χ0) is 8.79. The maximum atomic E-state index is 3.88. The van der Waals surface area contributed by atoms with Crippen LogP contribution in [-0.2, 0) is 0 Å². The summed E-state index contributed by atoms with van der Waals surface area (Å²) < 4.78 is 0.380. The molecule has 0 aromatic carbocycles. The van der Waals surface area contributed by atoms with Gasteiger partial charge >= 0.3 is 0 Å². The van der Waals surface area contributed by atoms with Gasteiger partial charge in [0.05, 0.1) is 3.23 Å². The van der Waals surface area contributed by atoms with Crippen molar-refractivity contribution >= 4 is 31.9 Å². The van der Waals surface area contributed by atoms with Crippen LogP contribution in [0.25, 0.3) is 0 Å². The van der Waals surface area contributed by atoms with E-state index >= 15 is 0 Å². The highest BCUT2D eigenvalue weighted by Crippen LogP contribution is 2.80. The van der Waals surface area contributed by atoms with Crippen molar-refractivity contribution in [2.75, 3.05) is 0 Å². The Morgan fingerprint density at radius 3 is 1.92 bits per heavy atom. The van der Waals surface area contributed by atoms with Gasteiger partial charge in [-0.05, 0) is 61.2 Å². The number of rotatable bonds is 0. The third-order valence-corrected chi connectivity index (χ3v) is 7.48. The average Bonchev–Trinajstić information content (AvgIpc) is 2.56. The summed E-state index contributed by atoms with van der Waals surface area (Å²) in [5.74, 6) is 6.44. The molecule has 0 aliphatic heterocycles. The molecule has 6 atom stereocenters. The number of hydrogen-bond acceptors (Lipinski definition) is 0. The Balaban J connectivity index is 1.77. The highest BCUT2D eigenvalue weighted by atomic mass is 79.9. The first kappa shape index (κ1) is 8.15. The predicted octanol–water partition coefficient (Wildman–Crippen LogP) is 3.78. The third-order valence-electron chi connectivity index (χ3n) is 5.36. The number of fused-ring (bicyclic) bond motifs is 3. The van der Waals surface area contributed by atoms with Crippen molar-refractivity contribution in [2.45, 2.75) is 28.9 Å². The van der Waals surface area contributed by atoms with E-state index in [9.17, 15) is 0 Å². The fraction of sp³-hybridized carbons (Fsp3) is 1.00. The zero-order valence-electron chi connectivity index (χ0n) is 7.55. The van der Waals surface area contributed by atoms with Crippen LogP contribution >= 0.6 is 31.9 Å². The van der Waals surface area contributed by atoms with Crippen molar-refractivity contribution in [3.8, 4) is 0 Å². The molecule has 0 saturated heterocycles. The Kier molecular flexibility index (Phi) is 1.39. The Labute approximate surface area is 96.1 Å². The van der Waals surface area contributed by atoms with E-state index in [1.165, 1.54) is 12.8 Å². The molecule has 0 heterocycles. The maximum absolute atomic E-state index is 3.88. The van der Waals surface area contributed by atoms with Crippen LogP contribution in [0.1, 0.15) is 25.7 Å². The normalized spacial score (nSPS) is 65.1. The van der Waals surface area contributed by atoms with Crippen LogP contribution in [0.15, 0.2) is 0 Å². The molecule has 4 rings (SSSR count). The summed E-state index contributed by atoms with van der Waals surface area (Å²) in [7, 11) is 0. The van der Waals surface area contributed by atoms with Gasteiger partial charge in [-0.25, -0.2) is 0 Å². The first-order chi connectivity index (χ1) is 6.21. The molecular weight excluding hydrogens is 292 g/mol. The van der Waals surface area contributed by atoms with E-state index in [1.54, 1.807) is 12.8 Å². The summed E-state index contributed by atoms with van der Waals surface area (Å²) in [4.78, 5) is 0. The van der Waals surface area contributed by atoms with Crippen LogP contribution < -0.4 is 0 Å². The molecule has 4 saturated carbocycles. The smallest absolute Gasteiger partial charge is 0.0721 e. The maximum Gasteiger partial charge on any atom is 0.0874 e. The molecule has 0 nitrogen and oxygen atoms in total. The van der Waals surface area contributed by atoms with Gasteiger partial charge in [0.15, 0.2) is 0 Å². The summed E-state index contributed by atoms with van der Waals surface area (Å²) in [5.41, 5.74) is 0. The molecule has 4 aliphatic carbocycles. The second kappa shape index (κ2) is 2.21. The Morgan fingerprint density at radius 2 is 1.38 bits per heavy atom. The molecular formula is C11H14Br2. The van der Waals surface area contributed by atoms with Crippen molar-refractivity contribution < 1.29 is 0 Å². The lowest BCUT2D eigenvalue weighted by molar-refractivity contribution is 0.303. The van der Waals surface area contributed by atoms with Crippen molar-refractivity contribution in [3.05, 3.63) is 0 Å². The minimum atomic E-state index is 0.380. The third kappa shape index (κ3) is 0.770. The lowest BCUT2D eigenvalue weighted by atomic mass is 9.87. The molecule has 0 amide bonds. The lowest BCUT2D eigenvalue weighted by Gasteiger charge is -2.22. The van der Waals surface area contributed by atoms with Crippen molar-refractivity contribution in [1.82, 2.24) is 0 Å². The van der Waals surface area contributed by atoms with Crippen LogP contribution in [0.3, 0.4) is 0 Å². The topological polar surface area (TPSA) is 0 Å². The largest absolute Gasteiger partial charge is 0.0874 e. The Hall–Kier alpha value is 0.960. The van der Waals surface area contributed by atoms with E-state index in [2.05, 4.69) is 31.9 Å². The van der Waals surface area contributed by atoms with Gasteiger partial charge in [-0.1, -0.05) is 31.9 Å². The van der Waals surface area contributed by atoms with Gasteiger partial charge in [0.2, 0.25) is 0 Å². The fourth-order valence-corrected chi connectivity index (χ4v) is 7.29. The van der Waals surface area contributed by atoms with E-state index in [1.807, 2.05) is 0 Å². The summed E-state index contributed by atoms with van der Waals surface area (Å²) in [6.07, 6.45) is 6.16. The average molecular weight is 306 g/mol. The quantitative estimate of drug-likeness (QED) is 0.597. The molecule has 0 aromatic rings. The Morgan fingerprint density at radius 1 is 0.846 bits per heavy atom. The second-order valence-corrected chi connectivity index (χ2v) is 9.23. The molecule has 4 fully saturated rings. The van der Waals surface area contributed by atoms with Gasteiger partial charge in [-0.2, -0.15) is 0 Å². The van der Waals surface area contributed by atoms with E-state index in [4.69, 9.17) is 0 Å². The van der Waals surface area contributed by atoms with Crippen molar-refractivity contribution in [1.29, 1.82) is 0 Å². The summed E-state index contributed by atoms with van der Waals surface area (Å²) >= 11 is 7.76. The monoisotopic (exact) mass is 304 g/mol. The molecule has 0 radical (unpaired) electrons. The van der Waals surface area contributed by atoms with Gasteiger partial charge in [0.25, 0.3) is 0 Å². The van der Waals surface area contributed by atoms with Gasteiger partial charge in [-0.3, -0.25) is 0 Å². The first-order valence-corrected chi connectivity index (χ1v) is 7.17. The fourth-order valence-electron chi connectivity index (χ4n) is 5.06. The molecule has 2 unspecified atom stereocenters. The zero-order valence-corrected chi connectivity index (χ0v) is 10.7. The molecule has 0 aromatic heterocycles. The van der Waals surface area contributed by atoms with E-state index in [0.717, 1.165) is 35.5 Å². The van der Waals surface area contributed by atoms with Gasteiger partial charge in [0, 0.05) is 0 Å². The highest BCUT2D eigenvalue weighted by Gasteiger charge is 2.76. The highest BCUT2D eigenvalue weighted by molar-refractivity contribution is 9.25. The minimum Gasteiger partial charge on any atom is -0.0721 e. The minimum absolute atomic E-state index is 0.380. The number of hydrogen-bond donors (Lipinski definition) is 0. The molecule has 13 heavy (non-hydrogen) atoms. The lowest BCUT2D eigenvalue weighted by Crippen LogP contribution is -2.19. The SMILES string of the molecule is BrC1(Br)[C@H]2[C@H]1[C@H]1CCC3CC[C@@H]2C31. The molecule has 4 aliphatic rings. The summed E-state index contributed by atoms with van der Waals surface area (Å²) in [6.45, 7) is 0. The standard InChI is InChI=1S/C11H14Br2/c12-11(13)9-6-3-1-5-2-4-7(8(5)6)10(9)11/h5-10H,1-4H2/t5?,6-,7+,8?,9-,10-/m1/s1. The van der Waals surface area contributed by atoms with Gasteiger partial charge in [-0.15, -0.1) is 0 Å². The van der Waals surface area contributed by atoms with Crippen molar-refractivity contribution in [2.24, 2.45) is 35.5 Å². The van der Waals surface area contributed by atoms with Crippen LogP contribution in [0.4, 0.5) is 0 Å². The number of halogens is 2. The molecule has 0 N–H and O–H groups in total. The van der Waals surface area contributed by atoms with Crippen LogP contribution in [-0.4, -0.2) is 3.23 Å². The molecule has 0 bridgehead atoms. The van der Waals surface area contributed by atoms with E-state index in [-0.39, 0.29) is 0 Å². The second-order valence-electron chi connectivity index (χ2n) is 5.55. The van der Waals surface area contributed by atoms with E-state index in [0.29, 0.717) is 3.23 Å². The molecule has 2 heteroatoms. The van der Waals surface area contributed by atoms with Crippen LogP contribution in [0.5, 0.6) is 0 Å². The molecule has 72 valence electrons. The molecule has 0 spiro atoms. The van der Waals surface area contributed by atoms with E-state index < -0.39 is 0 Å². The predicted molar refractivity (Wildman–Crippen MR) is 60.0 cm³/mol. The van der Waals surface area contributed by atoms with Crippen LogP contribution in [0, 0.1) is 35.5 Å².